The van der Waals surface area contributed by atoms with Gasteiger partial charge in [0.1, 0.15) is 0 Å². The number of halogens is 1. The first kappa shape index (κ1) is 24.4. The molecule has 1 aliphatic rings. The molecule has 1 unspecified atom stereocenters. The minimum atomic E-state index is -3.72. The maximum Gasteiger partial charge on any atom is 0.350 e. The highest BCUT2D eigenvalue weighted by Crippen LogP contribution is 2.49. The molecule has 1 fully saturated rings. The van der Waals surface area contributed by atoms with Crippen molar-refractivity contribution in [3.63, 3.8) is 0 Å². The molecule has 6 atom stereocenters. The van der Waals surface area contributed by atoms with Crippen molar-refractivity contribution in [2.45, 2.75) is 61.6 Å². The van der Waals surface area contributed by atoms with E-state index in [1.165, 1.54) is 22.6 Å². The van der Waals surface area contributed by atoms with E-state index in [0.29, 0.717) is 0 Å². The van der Waals surface area contributed by atoms with E-state index in [0.717, 1.165) is 27.7 Å². The zero-order valence-electron chi connectivity index (χ0n) is 15.1. The average Bonchev–Trinajstić information content (AvgIpc) is 2.47. The predicted octanol–water partition coefficient (Wildman–Crippen LogP) is -2.22. The first-order valence-corrected chi connectivity index (χ1v) is 8.76. The number of alkyl halides is 1. The van der Waals surface area contributed by atoms with E-state index in [-0.39, 0.29) is 0 Å². The van der Waals surface area contributed by atoms with Gasteiger partial charge in [-0.2, -0.15) is 0 Å². The average molecular weight is 522 g/mol. The van der Waals surface area contributed by atoms with Crippen LogP contribution in [0.25, 0.3) is 0 Å². The van der Waals surface area contributed by atoms with Crippen LogP contribution in [0.1, 0.15) is 27.7 Å². The summed E-state index contributed by atoms with van der Waals surface area (Å²) in [4.78, 5) is 45.6. The Morgan fingerprint density at radius 3 is 1.68 bits per heavy atom. The number of ether oxygens (including phenoxy) is 5. The van der Waals surface area contributed by atoms with Crippen molar-refractivity contribution in [1.82, 2.24) is 0 Å². The second kappa shape index (κ2) is 8.42. The maximum atomic E-state index is 11.5. The van der Waals surface area contributed by atoms with Gasteiger partial charge in [-0.05, 0) is 22.6 Å². The molecule has 14 heteroatoms. The number of aliphatic hydroxyl groups excluding tert-OH is 1. The molecule has 0 radical (unpaired) electrons. The third-order valence-electron chi connectivity index (χ3n) is 3.37. The lowest BCUT2D eigenvalue weighted by Crippen LogP contribution is -2.83. The van der Waals surface area contributed by atoms with Crippen LogP contribution < -0.4 is 0 Å². The van der Waals surface area contributed by atoms with Gasteiger partial charge in [-0.25, -0.2) is 0 Å². The quantitative estimate of drug-likeness (QED) is 0.0998. The van der Waals surface area contributed by atoms with Crippen LogP contribution in [0.2, 0.25) is 0 Å². The minimum absolute atomic E-state index is 0.746. The molecule has 0 aromatic carbocycles. The highest BCUT2D eigenvalue weighted by molar-refractivity contribution is 14.1. The summed E-state index contributed by atoms with van der Waals surface area (Å²) in [7, 11) is 0. The van der Waals surface area contributed by atoms with Gasteiger partial charge in [-0.3, -0.25) is 19.2 Å². The van der Waals surface area contributed by atoms with Crippen LogP contribution in [0.3, 0.4) is 0 Å². The number of hydrogen-bond acceptors (Lipinski definition) is 13. The molecule has 1 saturated heterocycles. The highest BCUT2D eigenvalue weighted by atomic mass is 127. The Morgan fingerprint density at radius 1 is 0.857 bits per heavy atom. The Balaban J connectivity index is 3.71. The molecule has 0 saturated carbocycles. The van der Waals surface area contributed by atoms with Gasteiger partial charge >= 0.3 is 41.2 Å². The van der Waals surface area contributed by atoms with E-state index >= 15 is 0 Å². The Bertz CT molecular complexity index is 668. The van der Waals surface area contributed by atoms with Crippen LogP contribution in [-0.2, 0) is 42.9 Å². The minimum Gasteiger partial charge on any atom is -0.433 e. The molecule has 0 aromatic rings. The Labute approximate surface area is 171 Å². The fourth-order valence-electron chi connectivity index (χ4n) is 2.44. The fourth-order valence-corrected chi connectivity index (χ4v) is 3.31. The molecule has 1 heterocycles. The zero-order chi connectivity index (χ0) is 22.1. The van der Waals surface area contributed by atoms with Crippen LogP contribution in [-0.4, -0.2) is 78.2 Å². The molecule has 0 amide bonds. The predicted molar refractivity (Wildman–Crippen MR) is 90.6 cm³/mol. The molecule has 0 spiro atoms. The lowest BCUT2D eigenvalue weighted by molar-refractivity contribution is -0.507. The van der Waals surface area contributed by atoms with Crippen LogP contribution in [0, 0.1) is 0 Å². The summed E-state index contributed by atoms with van der Waals surface area (Å²) in [6.45, 7) is 3.18. The summed E-state index contributed by atoms with van der Waals surface area (Å²) >= 11 is 1.27. The molecule has 4 N–H and O–H groups in total. The summed E-state index contributed by atoms with van der Waals surface area (Å²) in [5, 5.41) is 42.7. The summed E-state index contributed by atoms with van der Waals surface area (Å²) in [6.07, 6.45) is -4.70. The molecular weight excluding hydrogens is 503 g/mol. The lowest BCUT2D eigenvalue weighted by atomic mass is 9.87. The number of aliphatic hydroxyl groups is 4. The van der Waals surface area contributed by atoms with Crippen LogP contribution in [0.15, 0.2) is 0 Å². The molecular formula is C14H19IO13. The molecule has 13 nitrogen and oxygen atoms in total. The van der Waals surface area contributed by atoms with Gasteiger partial charge in [0.05, 0.1) is 0 Å². The topological polar surface area (TPSA) is 195 Å². The lowest BCUT2D eigenvalue weighted by Gasteiger charge is -2.55. The smallest absolute Gasteiger partial charge is 0.350 e. The van der Waals surface area contributed by atoms with Gasteiger partial charge in [-0.1, -0.05) is 0 Å². The standard InChI is InChI=1S/C14H19IO13/c1-5(16)24-10(20)9-12(21,26-6(2)17)14(23,28-8(4)19)13(22,11(15)25-9)27-7(3)18/h9-11,20-23H,1-4H3/t9-,10?,11+,12+,13-,14-/m1/s1. The fraction of sp³-hybridized carbons (Fsp3) is 0.714. The number of esters is 4. The zero-order valence-corrected chi connectivity index (χ0v) is 17.2. The van der Waals surface area contributed by atoms with Gasteiger partial charge in [0.25, 0.3) is 0 Å². The van der Waals surface area contributed by atoms with E-state index in [4.69, 9.17) is 4.74 Å². The number of carbonyl (C=O) groups excluding carboxylic acids is 4. The SMILES string of the molecule is CC(=O)OC(O)[C@H]1O[C@H](I)[C@@](O)(OC(C)=O)[C@](O)(OC(C)=O)[C@@]1(O)OC(C)=O. The summed E-state index contributed by atoms with van der Waals surface area (Å²) in [6, 6.07) is 0. The molecule has 1 aliphatic heterocycles. The van der Waals surface area contributed by atoms with E-state index in [2.05, 4.69) is 18.9 Å². The second-order valence-corrected chi connectivity index (χ2v) is 6.82. The van der Waals surface area contributed by atoms with Gasteiger partial charge < -0.3 is 44.1 Å². The number of rotatable bonds is 5. The Morgan fingerprint density at radius 2 is 1.29 bits per heavy atom. The van der Waals surface area contributed by atoms with Crippen molar-refractivity contribution < 1.29 is 63.3 Å². The van der Waals surface area contributed by atoms with Crippen molar-refractivity contribution in [3.05, 3.63) is 0 Å². The summed E-state index contributed by atoms with van der Waals surface area (Å²) < 4.78 is 21.5. The van der Waals surface area contributed by atoms with Crippen molar-refractivity contribution in [2.75, 3.05) is 0 Å². The van der Waals surface area contributed by atoms with E-state index in [9.17, 15) is 39.6 Å². The summed E-state index contributed by atoms with van der Waals surface area (Å²) in [5.74, 6) is -15.6. The molecule has 0 aromatic heterocycles. The Hall–Kier alpha value is -1.59. The van der Waals surface area contributed by atoms with Gasteiger partial charge in [0.15, 0.2) is 10.2 Å². The second-order valence-electron chi connectivity index (χ2n) is 5.69. The van der Waals surface area contributed by atoms with E-state index < -0.39 is 57.7 Å². The van der Waals surface area contributed by atoms with Crippen LogP contribution >= 0.6 is 22.6 Å². The van der Waals surface area contributed by atoms with Crippen molar-refractivity contribution in [2.24, 2.45) is 0 Å². The molecule has 28 heavy (non-hydrogen) atoms. The largest absolute Gasteiger partial charge is 0.433 e. The first-order chi connectivity index (χ1) is 12.6. The molecule has 0 bridgehead atoms. The van der Waals surface area contributed by atoms with Crippen molar-refractivity contribution >= 4 is 46.5 Å². The normalized spacial score (nSPS) is 36.0. The highest BCUT2D eigenvalue weighted by Gasteiger charge is 2.81. The van der Waals surface area contributed by atoms with Crippen molar-refractivity contribution in [1.29, 1.82) is 0 Å². The van der Waals surface area contributed by atoms with Gasteiger partial charge in [-0.15, -0.1) is 0 Å². The third-order valence-corrected chi connectivity index (χ3v) is 4.50. The summed E-state index contributed by atoms with van der Waals surface area (Å²) in [5.41, 5.74) is 0. The third kappa shape index (κ3) is 4.36. The van der Waals surface area contributed by atoms with Gasteiger partial charge in [0.2, 0.25) is 6.29 Å². The van der Waals surface area contributed by atoms with E-state index in [1.807, 2.05) is 0 Å². The number of carbonyl (C=O) groups is 4. The van der Waals surface area contributed by atoms with Gasteiger partial charge in [0, 0.05) is 27.7 Å². The number of hydrogen-bond donors (Lipinski definition) is 4. The monoisotopic (exact) mass is 522 g/mol. The molecule has 1 rings (SSSR count). The van der Waals surface area contributed by atoms with Crippen molar-refractivity contribution in [3.8, 4) is 0 Å². The molecule has 0 aliphatic carbocycles. The maximum absolute atomic E-state index is 11.5. The molecule has 160 valence electrons. The van der Waals surface area contributed by atoms with Crippen LogP contribution in [0.4, 0.5) is 0 Å². The van der Waals surface area contributed by atoms with E-state index in [1.54, 1.807) is 0 Å². The van der Waals surface area contributed by atoms with Crippen LogP contribution in [0.5, 0.6) is 0 Å². The Kier molecular flexibility index (Phi) is 7.35. The first-order valence-electron chi connectivity index (χ1n) is 7.51.